The molecule has 0 saturated heterocycles. The molecule has 0 aromatic heterocycles. The largest absolute Gasteiger partial charge is 0.0853 e. The summed E-state index contributed by atoms with van der Waals surface area (Å²) < 4.78 is 0. The number of aryl methyl sites for hydroxylation is 1. The van der Waals surface area contributed by atoms with Gasteiger partial charge in [0, 0.05) is 0 Å². The number of rotatable bonds is 3. The van der Waals surface area contributed by atoms with Crippen molar-refractivity contribution in [3.05, 3.63) is 47.5 Å². The first-order valence-electron chi connectivity index (χ1n) is 5.17. The summed E-state index contributed by atoms with van der Waals surface area (Å²) in [4.78, 5) is 0. The molecule has 0 nitrogen and oxygen atoms in total. The van der Waals surface area contributed by atoms with Gasteiger partial charge in [0.1, 0.15) is 0 Å². The minimum Gasteiger partial charge on any atom is -0.0853 e. The van der Waals surface area contributed by atoms with Crippen LogP contribution in [0.15, 0.2) is 42.0 Å². The quantitative estimate of drug-likeness (QED) is 0.609. The summed E-state index contributed by atoms with van der Waals surface area (Å²) in [6, 6.07) is 10.8. The van der Waals surface area contributed by atoms with Crippen LogP contribution in [0.25, 0.3) is 0 Å². The summed E-state index contributed by atoms with van der Waals surface area (Å²) in [7, 11) is 0. The van der Waals surface area contributed by atoms with Crippen molar-refractivity contribution < 1.29 is 0 Å². The number of benzene rings is 1. The SMILES string of the molecule is C1=C(CCc2ccccc2)CCC1. The van der Waals surface area contributed by atoms with E-state index >= 15 is 0 Å². The van der Waals surface area contributed by atoms with E-state index in [0.717, 1.165) is 0 Å². The highest BCUT2D eigenvalue weighted by atomic mass is 14.1. The Balaban J connectivity index is 1.86. The molecule has 0 spiro atoms. The van der Waals surface area contributed by atoms with Crippen molar-refractivity contribution in [2.24, 2.45) is 0 Å². The molecule has 2 rings (SSSR count). The summed E-state index contributed by atoms with van der Waals surface area (Å²) in [6.07, 6.45) is 8.93. The molecule has 0 saturated carbocycles. The van der Waals surface area contributed by atoms with Crippen molar-refractivity contribution in [3.63, 3.8) is 0 Å². The number of allylic oxidation sites excluding steroid dienone is 2. The van der Waals surface area contributed by atoms with Crippen LogP contribution in [0.5, 0.6) is 0 Å². The standard InChI is InChI=1S/C13H16/c1-2-6-12(7-3-1)10-11-13-8-4-5-9-13/h1-3,6-8H,4-5,9-11H2. The van der Waals surface area contributed by atoms with Crippen molar-refractivity contribution in [1.82, 2.24) is 0 Å². The lowest BCUT2D eigenvalue weighted by molar-refractivity contribution is 0.845. The van der Waals surface area contributed by atoms with Gasteiger partial charge in [-0.25, -0.2) is 0 Å². The molecule has 13 heavy (non-hydrogen) atoms. The van der Waals surface area contributed by atoms with Crippen molar-refractivity contribution in [3.8, 4) is 0 Å². The van der Waals surface area contributed by atoms with Crippen LogP contribution >= 0.6 is 0 Å². The minimum absolute atomic E-state index is 1.21. The van der Waals surface area contributed by atoms with Gasteiger partial charge in [-0.2, -0.15) is 0 Å². The molecule has 0 amide bonds. The van der Waals surface area contributed by atoms with Gasteiger partial charge in [-0.05, 0) is 37.7 Å². The van der Waals surface area contributed by atoms with E-state index in [2.05, 4.69) is 36.4 Å². The zero-order valence-corrected chi connectivity index (χ0v) is 8.00. The molecule has 0 heterocycles. The van der Waals surface area contributed by atoms with Crippen LogP contribution in [-0.4, -0.2) is 0 Å². The molecule has 1 aliphatic rings. The van der Waals surface area contributed by atoms with Crippen LogP contribution in [0.2, 0.25) is 0 Å². The molecular formula is C13H16. The van der Waals surface area contributed by atoms with E-state index < -0.39 is 0 Å². The van der Waals surface area contributed by atoms with E-state index in [1.54, 1.807) is 5.57 Å². The summed E-state index contributed by atoms with van der Waals surface area (Å²) in [6.45, 7) is 0. The van der Waals surface area contributed by atoms with Gasteiger partial charge >= 0.3 is 0 Å². The third-order valence-corrected chi connectivity index (χ3v) is 2.71. The highest BCUT2D eigenvalue weighted by Crippen LogP contribution is 2.22. The fraction of sp³-hybridized carbons (Fsp3) is 0.385. The zero-order chi connectivity index (χ0) is 8.93. The Kier molecular flexibility index (Phi) is 2.81. The topological polar surface area (TPSA) is 0 Å². The van der Waals surface area contributed by atoms with Crippen molar-refractivity contribution >= 4 is 0 Å². The second-order valence-electron chi connectivity index (χ2n) is 3.74. The minimum atomic E-state index is 1.21. The molecule has 0 radical (unpaired) electrons. The van der Waals surface area contributed by atoms with E-state index in [1.165, 1.54) is 37.7 Å². The highest BCUT2D eigenvalue weighted by Gasteiger charge is 2.03. The summed E-state index contributed by atoms with van der Waals surface area (Å²) in [5.74, 6) is 0. The van der Waals surface area contributed by atoms with Gasteiger partial charge in [0.25, 0.3) is 0 Å². The zero-order valence-electron chi connectivity index (χ0n) is 8.00. The lowest BCUT2D eigenvalue weighted by atomic mass is 10.0. The Morgan fingerprint density at radius 1 is 1.00 bits per heavy atom. The Morgan fingerprint density at radius 2 is 1.85 bits per heavy atom. The van der Waals surface area contributed by atoms with E-state index in [-0.39, 0.29) is 0 Å². The van der Waals surface area contributed by atoms with Gasteiger partial charge in [-0.1, -0.05) is 42.0 Å². The predicted octanol–water partition coefficient (Wildman–Crippen LogP) is 3.73. The second kappa shape index (κ2) is 4.27. The predicted molar refractivity (Wildman–Crippen MR) is 56.7 cm³/mol. The van der Waals surface area contributed by atoms with Crippen LogP contribution in [0.4, 0.5) is 0 Å². The molecule has 68 valence electrons. The molecular weight excluding hydrogens is 156 g/mol. The molecule has 0 aliphatic heterocycles. The first-order valence-corrected chi connectivity index (χ1v) is 5.17. The second-order valence-corrected chi connectivity index (χ2v) is 3.74. The molecule has 0 N–H and O–H groups in total. The molecule has 0 fully saturated rings. The summed E-state index contributed by atoms with van der Waals surface area (Å²) >= 11 is 0. The van der Waals surface area contributed by atoms with Crippen LogP contribution < -0.4 is 0 Å². The molecule has 0 heteroatoms. The van der Waals surface area contributed by atoms with Crippen LogP contribution in [-0.2, 0) is 6.42 Å². The van der Waals surface area contributed by atoms with Crippen LogP contribution in [0.1, 0.15) is 31.2 Å². The van der Waals surface area contributed by atoms with E-state index in [9.17, 15) is 0 Å². The smallest absolute Gasteiger partial charge is 0.0241 e. The normalized spacial score (nSPS) is 15.8. The van der Waals surface area contributed by atoms with Crippen molar-refractivity contribution in [1.29, 1.82) is 0 Å². The first kappa shape index (κ1) is 8.55. The van der Waals surface area contributed by atoms with E-state index in [4.69, 9.17) is 0 Å². The molecule has 1 aromatic rings. The average Bonchev–Trinajstić information content (AvgIpc) is 2.69. The molecule has 1 aliphatic carbocycles. The van der Waals surface area contributed by atoms with Gasteiger partial charge in [0.2, 0.25) is 0 Å². The number of hydrogen-bond donors (Lipinski definition) is 0. The Labute approximate surface area is 80.3 Å². The van der Waals surface area contributed by atoms with E-state index in [1.807, 2.05) is 0 Å². The third-order valence-electron chi connectivity index (χ3n) is 2.71. The maximum atomic E-state index is 2.42. The lowest BCUT2D eigenvalue weighted by Crippen LogP contribution is -1.86. The Hall–Kier alpha value is -1.04. The first-order chi connectivity index (χ1) is 6.45. The van der Waals surface area contributed by atoms with Gasteiger partial charge in [-0.3, -0.25) is 0 Å². The molecule has 1 aromatic carbocycles. The molecule has 0 atom stereocenters. The fourth-order valence-electron chi connectivity index (χ4n) is 1.91. The highest BCUT2D eigenvalue weighted by molar-refractivity contribution is 5.17. The van der Waals surface area contributed by atoms with Crippen molar-refractivity contribution in [2.45, 2.75) is 32.1 Å². The number of hydrogen-bond acceptors (Lipinski definition) is 0. The van der Waals surface area contributed by atoms with Crippen LogP contribution in [0.3, 0.4) is 0 Å². The fourth-order valence-corrected chi connectivity index (χ4v) is 1.91. The summed E-state index contributed by atoms with van der Waals surface area (Å²) in [5, 5.41) is 0. The van der Waals surface area contributed by atoms with Crippen molar-refractivity contribution in [2.75, 3.05) is 0 Å². The van der Waals surface area contributed by atoms with Gasteiger partial charge in [-0.15, -0.1) is 0 Å². The maximum Gasteiger partial charge on any atom is -0.0241 e. The lowest BCUT2D eigenvalue weighted by Gasteiger charge is -2.01. The van der Waals surface area contributed by atoms with E-state index in [0.29, 0.717) is 0 Å². The van der Waals surface area contributed by atoms with Gasteiger partial charge in [0.05, 0.1) is 0 Å². The summed E-state index contributed by atoms with van der Waals surface area (Å²) in [5.41, 5.74) is 3.14. The van der Waals surface area contributed by atoms with Gasteiger partial charge < -0.3 is 0 Å². The monoisotopic (exact) mass is 172 g/mol. The Morgan fingerprint density at radius 3 is 2.54 bits per heavy atom. The third kappa shape index (κ3) is 2.45. The van der Waals surface area contributed by atoms with Gasteiger partial charge in [0.15, 0.2) is 0 Å². The molecule has 0 bridgehead atoms. The molecule has 0 unspecified atom stereocenters. The average molecular weight is 172 g/mol. The van der Waals surface area contributed by atoms with Crippen LogP contribution in [0, 0.1) is 0 Å². The maximum absolute atomic E-state index is 2.42. The Bertz CT molecular complexity index is 282.